The smallest absolute Gasteiger partial charge is 0.243 e. The van der Waals surface area contributed by atoms with Crippen LogP contribution >= 0.6 is 0 Å². The van der Waals surface area contributed by atoms with Crippen LogP contribution in [0.15, 0.2) is 0 Å². The van der Waals surface area contributed by atoms with Crippen molar-refractivity contribution < 1.29 is 63.7 Å². The predicted octanol–water partition coefficient (Wildman–Crippen LogP) is -3.88. The van der Waals surface area contributed by atoms with Gasteiger partial charge in [0.15, 0.2) is 12.6 Å². The van der Waals surface area contributed by atoms with Crippen LogP contribution < -0.4 is 21.3 Å². The minimum atomic E-state index is -1.50. The molecule has 0 aromatic rings. The summed E-state index contributed by atoms with van der Waals surface area (Å²) in [6.45, 7) is 2.91. The van der Waals surface area contributed by atoms with E-state index >= 15 is 0 Å². The molecule has 17 heteroatoms. The van der Waals surface area contributed by atoms with Gasteiger partial charge in [0.25, 0.3) is 0 Å². The van der Waals surface area contributed by atoms with Gasteiger partial charge in [-0.3, -0.25) is 19.2 Å². The van der Waals surface area contributed by atoms with E-state index in [9.17, 15) is 44.7 Å². The summed E-state index contributed by atoms with van der Waals surface area (Å²) < 4.78 is 21.6. The summed E-state index contributed by atoms with van der Waals surface area (Å²) in [5.74, 6) is -1.92. The van der Waals surface area contributed by atoms with Crippen LogP contribution in [0.2, 0.25) is 0 Å². The second-order valence-electron chi connectivity index (χ2n) is 10.9. The number of rotatable bonds is 17. The number of carbonyl (C=O) groups excluding carboxylic acids is 4. The van der Waals surface area contributed by atoms with Crippen LogP contribution in [0, 0.1) is 0 Å². The zero-order valence-electron chi connectivity index (χ0n) is 25.3. The van der Waals surface area contributed by atoms with E-state index in [2.05, 4.69) is 21.3 Å². The Morgan fingerprint density at radius 2 is 1.36 bits per heavy atom. The maximum atomic E-state index is 12.9. The second kappa shape index (κ2) is 19.1. The van der Waals surface area contributed by atoms with Crippen molar-refractivity contribution in [3.8, 4) is 0 Å². The van der Waals surface area contributed by atoms with E-state index in [4.69, 9.17) is 18.9 Å². The van der Waals surface area contributed by atoms with Gasteiger partial charge in [0, 0.05) is 39.4 Å². The number of hydrogen-bond donors (Lipinski definition) is 9. The van der Waals surface area contributed by atoms with Crippen molar-refractivity contribution in [3.63, 3.8) is 0 Å². The molecule has 0 saturated carbocycles. The fraction of sp³-hybridized carbons (Fsp3) is 0.852. The fourth-order valence-corrected chi connectivity index (χ4v) is 4.58. The number of nitrogens with one attached hydrogen (secondary N) is 4. The Morgan fingerprint density at radius 3 is 2.00 bits per heavy atom. The summed E-state index contributed by atoms with van der Waals surface area (Å²) in [5.41, 5.74) is 0. The van der Waals surface area contributed by atoms with Crippen LogP contribution in [-0.2, 0) is 38.1 Å². The highest BCUT2D eigenvalue weighted by molar-refractivity contribution is 5.92. The number of aliphatic hydroxyl groups excluding tert-OH is 5. The largest absolute Gasteiger partial charge is 0.390 e. The molecular weight excluding hydrogens is 588 g/mol. The number of unbranched alkanes of at least 4 members (excludes halogenated alkanes) is 1. The molecule has 0 unspecified atom stereocenters. The summed E-state index contributed by atoms with van der Waals surface area (Å²) in [6, 6.07) is -1.25. The van der Waals surface area contributed by atoms with Crippen molar-refractivity contribution in [2.75, 3.05) is 33.4 Å². The molecule has 44 heavy (non-hydrogen) atoms. The number of carbonyl (C=O) groups is 4. The van der Waals surface area contributed by atoms with Gasteiger partial charge in [0.2, 0.25) is 23.6 Å². The SMILES string of the molecule is CNC(=O)CCCCC(=O)N[C@@H](CC(=O)NCCO[C@@H]1O[C@@H](C)[C@@H](O)[C@@H](O)[C@@H]1O)C(=O)NCCO[C@@H]1O[C@@H](C)C[C@@H](O)[C@@H]1O. The Morgan fingerprint density at radius 1 is 0.773 bits per heavy atom. The fourth-order valence-electron chi connectivity index (χ4n) is 4.58. The molecule has 0 aromatic carbocycles. The molecule has 254 valence electrons. The van der Waals surface area contributed by atoms with Gasteiger partial charge in [0.05, 0.1) is 37.9 Å². The van der Waals surface area contributed by atoms with E-state index in [1.807, 2.05) is 0 Å². The molecule has 0 spiro atoms. The Kier molecular flexibility index (Phi) is 16.4. The molecule has 17 nitrogen and oxygen atoms in total. The molecule has 0 bridgehead atoms. The molecule has 0 radical (unpaired) electrons. The summed E-state index contributed by atoms with van der Waals surface area (Å²) >= 11 is 0. The van der Waals surface area contributed by atoms with Gasteiger partial charge in [-0.1, -0.05) is 0 Å². The average molecular weight is 637 g/mol. The monoisotopic (exact) mass is 636 g/mol. The van der Waals surface area contributed by atoms with E-state index < -0.39 is 79.4 Å². The van der Waals surface area contributed by atoms with Gasteiger partial charge >= 0.3 is 0 Å². The van der Waals surface area contributed by atoms with Gasteiger partial charge in [0.1, 0.15) is 30.5 Å². The van der Waals surface area contributed by atoms with Crippen molar-refractivity contribution in [3.05, 3.63) is 0 Å². The molecule has 9 N–H and O–H groups in total. The van der Waals surface area contributed by atoms with Crippen molar-refractivity contribution >= 4 is 23.6 Å². The third kappa shape index (κ3) is 12.5. The van der Waals surface area contributed by atoms with Gasteiger partial charge in [-0.25, -0.2) is 0 Å². The normalized spacial score (nSPS) is 31.0. The predicted molar refractivity (Wildman–Crippen MR) is 150 cm³/mol. The first-order valence-corrected chi connectivity index (χ1v) is 14.8. The van der Waals surface area contributed by atoms with Gasteiger partial charge in [-0.2, -0.15) is 0 Å². The van der Waals surface area contributed by atoms with E-state index in [1.165, 1.54) is 14.0 Å². The quantitative estimate of drug-likeness (QED) is 0.0694. The topological polar surface area (TPSA) is 254 Å². The molecule has 2 heterocycles. The molecule has 2 rings (SSSR count). The van der Waals surface area contributed by atoms with Crippen LogP contribution in [-0.4, -0.2) is 144 Å². The summed E-state index contributed by atoms with van der Waals surface area (Å²) in [6.07, 6.45) is -9.00. The standard InChI is InChI=1S/C27H48N4O13/c1-14-12-17(32)22(37)26(43-14)41-11-9-30-25(40)16(31-19(34)7-5-4-6-18(33)28-3)13-20(35)29-8-10-42-27-24(39)23(38)21(36)15(2)44-27/h14-17,21-24,26-27,32,36-39H,4-13H2,1-3H3,(H,28,33)(H,29,35)(H,30,40)(H,31,34)/t14-,15-,16-,17+,21+,22-,23+,24-,26+,27+/m0/s1. The third-order valence-electron chi connectivity index (χ3n) is 7.19. The first-order chi connectivity index (χ1) is 20.8. The minimum absolute atomic E-state index is 0.0272. The number of hydrogen-bond acceptors (Lipinski definition) is 13. The minimum Gasteiger partial charge on any atom is -0.390 e. The lowest BCUT2D eigenvalue weighted by Crippen LogP contribution is -2.57. The zero-order chi connectivity index (χ0) is 32.8. The van der Waals surface area contributed by atoms with Crippen molar-refractivity contribution in [1.82, 2.24) is 21.3 Å². The van der Waals surface area contributed by atoms with Crippen LogP contribution in [0.25, 0.3) is 0 Å². The molecule has 4 amide bonds. The highest BCUT2D eigenvalue weighted by Crippen LogP contribution is 2.22. The number of aliphatic hydroxyl groups is 5. The number of amides is 4. The maximum Gasteiger partial charge on any atom is 0.243 e. The van der Waals surface area contributed by atoms with Crippen molar-refractivity contribution in [1.29, 1.82) is 0 Å². The maximum absolute atomic E-state index is 12.9. The highest BCUT2D eigenvalue weighted by atomic mass is 16.7. The van der Waals surface area contributed by atoms with Crippen LogP contribution in [0.4, 0.5) is 0 Å². The molecule has 2 aliphatic rings. The molecule has 2 fully saturated rings. The third-order valence-corrected chi connectivity index (χ3v) is 7.19. The molecule has 2 aliphatic heterocycles. The number of ether oxygens (including phenoxy) is 4. The average Bonchev–Trinajstić information content (AvgIpc) is 2.98. The first-order valence-electron chi connectivity index (χ1n) is 14.8. The second-order valence-corrected chi connectivity index (χ2v) is 10.9. The molecule has 0 aliphatic carbocycles. The summed E-state index contributed by atoms with van der Waals surface area (Å²) in [5, 5.41) is 59.7. The van der Waals surface area contributed by atoms with E-state index in [0.717, 1.165) is 0 Å². The molecule has 10 atom stereocenters. The molecule has 2 saturated heterocycles. The Hall–Kier alpha value is -2.48. The van der Waals surface area contributed by atoms with E-state index in [0.29, 0.717) is 12.8 Å². The Balaban J connectivity index is 1.84. The van der Waals surface area contributed by atoms with Crippen molar-refractivity contribution in [2.45, 2.75) is 114 Å². The summed E-state index contributed by atoms with van der Waals surface area (Å²) in [4.78, 5) is 49.4. The first kappa shape index (κ1) is 37.7. The van der Waals surface area contributed by atoms with E-state index in [-0.39, 0.29) is 57.6 Å². The summed E-state index contributed by atoms with van der Waals surface area (Å²) in [7, 11) is 1.51. The zero-order valence-corrected chi connectivity index (χ0v) is 25.3. The van der Waals surface area contributed by atoms with Crippen molar-refractivity contribution in [2.24, 2.45) is 0 Å². The molecule has 0 aromatic heterocycles. The van der Waals surface area contributed by atoms with Gasteiger partial charge in [-0.15, -0.1) is 0 Å². The lowest BCUT2D eigenvalue weighted by Gasteiger charge is -2.38. The van der Waals surface area contributed by atoms with Gasteiger partial charge in [-0.05, 0) is 26.7 Å². The van der Waals surface area contributed by atoms with Crippen LogP contribution in [0.3, 0.4) is 0 Å². The highest BCUT2D eigenvalue weighted by Gasteiger charge is 2.42. The van der Waals surface area contributed by atoms with Crippen LogP contribution in [0.5, 0.6) is 0 Å². The lowest BCUT2D eigenvalue weighted by atomic mass is 10.0. The van der Waals surface area contributed by atoms with Crippen LogP contribution in [0.1, 0.15) is 52.4 Å². The van der Waals surface area contributed by atoms with E-state index in [1.54, 1.807) is 6.92 Å². The molecular formula is C27H48N4O13. The Labute approximate surface area is 255 Å². The lowest BCUT2D eigenvalue weighted by molar-refractivity contribution is -0.292. The Bertz CT molecular complexity index is 928. The van der Waals surface area contributed by atoms with Gasteiger partial charge < -0.3 is 65.7 Å².